The normalized spacial score (nSPS) is 13.8. The van der Waals surface area contributed by atoms with Gasteiger partial charge in [0.25, 0.3) is 0 Å². The van der Waals surface area contributed by atoms with Gasteiger partial charge >= 0.3 is 8.80 Å². The van der Waals surface area contributed by atoms with E-state index in [1.165, 1.54) is 0 Å². The molecule has 18 heavy (non-hydrogen) atoms. The molecule has 0 saturated heterocycles. The zero-order valence-corrected chi connectivity index (χ0v) is 13.2. The quantitative estimate of drug-likeness (QED) is 0.435. The minimum atomic E-state index is -2.74. The summed E-state index contributed by atoms with van der Waals surface area (Å²) in [5.41, 5.74) is 5.37. The Balaban J connectivity index is 4.71. The van der Waals surface area contributed by atoms with Crippen molar-refractivity contribution in [1.82, 2.24) is 0 Å². The van der Waals surface area contributed by atoms with E-state index in [0.717, 1.165) is 12.8 Å². The predicted molar refractivity (Wildman–Crippen MR) is 74.3 cm³/mol. The standard InChI is InChI=1S/C12H29NO4Si/c1-5-12(14-11-9-10-13)18(15-6-2,16-7-3)17-8-4/h12H,5-11,13H2,1-4H3. The monoisotopic (exact) mass is 279 g/mol. The van der Waals surface area contributed by atoms with Crippen LogP contribution in [0.3, 0.4) is 0 Å². The number of nitrogens with two attached hydrogens (primary N) is 1. The number of hydrogen-bond acceptors (Lipinski definition) is 5. The average Bonchev–Trinajstić information content (AvgIpc) is 2.35. The van der Waals surface area contributed by atoms with Crippen LogP contribution < -0.4 is 5.73 Å². The van der Waals surface area contributed by atoms with E-state index in [-0.39, 0.29) is 5.73 Å². The molecule has 0 fully saturated rings. The molecule has 5 nitrogen and oxygen atoms in total. The van der Waals surface area contributed by atoms with Gasteiger partial charge in [0.15, 0.2) is 0 Å². The third kappa shape index (κ3) is 5.77. The minimum Gasteiger partial charge on any atom is -0.374 e. The molecule has 1 atom stereocenters. The molecule has 0 saturated carbocycles. The minimum absolute atomic E-state index is 0.108. The molecular formula is C12H29NO4Si. The van der Waals surface area contributed by atoms with Crippen molar-refractivity contribution in [2.75, 3.05) is 33.0 Å². The van der Waals surface area contributed by atoms with Crippen molar-refractivity contribution in [3.63, 3.8) is 0 Å². The van der Waals surface area contributed by atoms with Crippen molar-refractivity contribution in [2.24, 2.45) is 5.73 Å². The molecule has 0 heterocycles. The highest BCUT2D eigenvalue weighted by atomic mass is 28.4. The van der Waals surface area contributed by atoms with E-state index in [4.69, 9.17) is 23.7 Å². The summed E-state index contributed by atoms with van der Waals surface area (Å²) in [5.74, 6) is 0. The van der Waals surface area contributed by atoms with E-state index in [9.17, 15) is 0 Å². The topological polar surface area (TPSA) is 62.9 Å². The molecule has 110 valence electrons. The molecule has 0 aliphatic carbocycles. The summed E-state index contributed by atoms with van der Waals surface area (Å²) in [6.45, 7) is 10.9. The average molecular weight is 279 g/mol. The maximum absolute atomic E-state index is 5.86. The first kappa shape index (κ1) is 18.0. The Morgan fingerprint density at radius 1 is 0.944 bits per heavy atom. The Labute approximate surface area is 112 Å². The van der Waals surface area contributed by atoms with Crippen LogP contribution in [0.5, 0.6) is 0 Å². The van der Waals surface area contributed by atoms with Crippen LogP contribution in [-0.2, 0) is 18.0 Å². The number of hydrogen-bond donors (Lipinski definition) is 1. The Morgan fingerprint density at radius 3 is 1.78 bits per heavy atom. The molecule has 0 amide bonds. The lowest BCUT2D eigenvalue weighted by Crippen LogP contribution is -2.57. The summed E-state index contributed by atoms with van der Waals surface area (Å²) in [5, 5.41) is 0. The van der Waals surface area contributed by atoms with Gasteiger partial charge in [-0.25, -0.2) is 0 Å². The van der Waals surface area contributed by atoms with E-state index in [0.29, 0.717) is 33.0 Å². The molecular weight excluding hydrogens is 250 g/mol. The first-order valence-corrected chi connectivity index (χ1v) is 8.74. The highest BCUT2D eigenvalue weighted by Gasteiger charge is 2.49. The zero-order valence-electron chi connectivity index (χ0n) is 12.2. The van der Waals surface area contributed by atoms with Crippen molar-refractivity contribution in [2.45, 2.75) is 46.3 Å². The number of rotatable bonds is 12. The maximum Gasteiger partial charge on any atom is 0.531 e. The Kier molecular flexibility index (Phi) is 10.9. The highest BCUT2D eigenvalue weighted by Crippen LogP contribution is 2.20. The van der Waals surface area contributed by atoms with Crippen molar-refractivity contribution in [1.29, 1.82) is 0 Å². The fourth-order valence-electron chi connectivity index (χ4n) is 1.79. The molecule has 0 aliphatic heterocycles. The van der Waals surface area contributed by atoms with Crippen molar-refractivity contribution >= 4 is 8.80 Å². The second-order valence-corrected chi connectivity index (χ2v) is 6.53. The number of ether oxygens (including phenoxy) is 1. The summed E-state index contributed by atoms with van der Waals surface area (Å²) in [7, 11) is -2.74. The molecule has 0 aromatic rings. The van der Waals surface area contributed by atoms with Crippen molar-refractivity contribution < 1.29 is 18.0 Å². The van der Waals surface area contributed by atoms with Crippen molar-refractivity contribution in [3.05, 3.63) is 0 Å². The highest BCUT2D eigenvalue weighted by molar-refractivity contribution is 6.62. The van der Waals surface area contributed by atoms with Crippen LogP contribution in [0.1, 0.15) is 40.5 Å². The summed E-state index contributed by atoms with van der Waals surface area (Å²) in [6.07, 6.45) is 1.65. The van der Waals surface area contributed by atoms with Crippen LogP contribution in [0.15, 0.2) is 0 Å². The predicted octanol–water partition coefficient (Wildman–Crippen LogP) is 1.72. The summed E-state index contributed by atoms with van der Waals surface area (Å²) in [6, 6.07) is 0. The van der Waals surface area contributed by atoms with Crippen molar-refractivity contribution in [3.8, 4) is 0 Å². The molecule has 1 unspecified atom stereocenters. The van der Waals surface area contributed by atoms with Gasteiger partial charge in [0.05, 0.1) is 0 Å². The van der Waals surface area contributed by atoms with Crippen LogP contribution in [-0.4, -0.2) is 47.5 Å². The van der Waals surface area contributed by atoms with Gasteiger partial charge in [-0.05, 0) is 40.2 Å². The SMILES string of the molecule is CCO[Si](OCC)(OCC)C(CC)OCCCN. The third-order valence-electron chi connectivity index (χ3n) is 2.47. The van der Waals surface area contributed by atoms with Gasteiger partial charge in [0.2, 0.25) is 0 Å². The van der Waals surface area contributed by atoms with Crippen LogP contribution in [0.25, 0.3) is 0 Å². The molecule has 6 heteroatoms. The van der Waals surface area contributed by atoms with Gasteiger partial charge in [0, 0.05) is 26.4 Å². The van der Waals surface area contributed by atoms with Gasteiger partial charge < -0.3 is 23.7 Å². The molecule has 0 radical (unpaired) electrons. The van der Waals surface area contributed by atoms with Crippen LogP contribution in [0.4, 0.5) is 0 Å². The Bertz CT molecular complexity index is 178. The molecule has 0 aliphatic rings. The summed E-state index contributed by atoms with van der Waals surface area (Å²) in [4.78, 5) is 0. The molecule has 0 rings (SSSR count). The smallest absolute Gasteiger partial charge is 0.374 e. The van der Waals surface area contributed by atoms with E-state index >= 15 is 0 Å². The van der Waals surface area contributed by atoms with Gasteiger partial charge in [0.1, 0.15) is 5.73 Å². The summed E-state index contributed by atoms with van der Waals surface area (Å²) < 4.78 is 23.4. The lowest BCUT2D eigenvalue weighted by Gasteiger charge is -2.34. The van der Waals surface area contributed by atoms with Crippen LogP contribution in [0, 0.1) is 0 Å². The zero-order chi connectivity index (χ0) is 13.9. The van der Waals surface area contributed by atoms with E-state index < -0.39 is 8.80 Å². The molecule has 0 aromatic carbocycles. The lowest BCUT2D eigenvalue weighted by molar-refractivity contribution is -0.0114. The molecule has 0 spiro atoms. The van der Waals surface area contributed by atoms with Crippen LogP contribution >= 0.6 is 0 Å². The maximum atomic E-state index is 5.86. The van der Waals surface area contributed by atoms with Gasteiger partial charge in [-0.2, -0.15) is 0 Å². The third-order valence-corrected chi connectivity index (χ3v) is 5.91. The Morgan fingerprint density at radius 2 is 1.44 bits per heavy atom. The van der Waals surface area contributed by atoms with Gasteiger partial charge in [-0.1, -0.05) is 6.92 Å². The van der Waals surface area contributed by atoms with Gasteiger partial charge in [-0.3, -0.25) is 0 Å². The second-order valence-electron chi connectivity index (χ2n) is 3.81. The fourth-order valence-corrected chi connectivity index (χ4v) is 4.62. The molecule has 0 aromatic heterocycles. The molecule has 2 N–H and O–H groups in total. The lowest BCUT2D eigenvalue weighted by atomic mass is 10.4. The van der Waals surface area contributed by atoms with E-state index in [2.05, 4.69) is 6.92 Å². The fraction of sp³-hybridized carbons (Fsp3) is 1.00. The van der Waals surface area contributed by atoms with Gasteiger partial charge in [-0.15, -0.1) is 0 Å². The molecule has 0 bridgehead atoms. The largest absolute Gasteiger partial charge is 0.531 e. The first-order valence-electron chi connectivity index (χ1n) is 6.94. The first-order chi connectivity index (χ1) is 8.70. The van der Waals surface area contributed by atoms with E-state index in [1.807, 2.05) is 20.8 Å². The van der Waals surface area contributed by atoms with E-state index in [1.54, 1.807) is 0 Å². The Hall–Kier alpha value is 0.0169. The summed E-state index contributed by atoms with van der Waals surface area (Å²) >= 11 is 0. The van der Waals surface area contributed by atoms with Crippen LogP contribution in [0.2, 0.25) is 0 Å². The second kappa shape index (κ2) is 10.9.